The minimum absolute atomic E-state index is 0.548. The predicted molar refractivity (Wildman–Crippen MR) is 69.2 cm³/mol. The monoisotopic (exact) mass is 238 g/mol. The van der Waals surface area contributed by atoms with E-state index in [4.69, 9.17) is 11.6 Å². The van der Waals surface area contributed by atoms with Crippen molar-refractivity contribution in [3.05, 3.63) is 23.4 Å². The van der Waals surface area contributed by atoms with Crippen LogP contribution >= 0.6 is 11.6 Å². The number of hydrogen-bond donors (Lipinski definition) is 0. The maximum atomic E-state index is 5.84. The van der Waals surface area contributed by atoms with E-state index < -0.39 is 0 Å². The van der Waals surface area contributed by atoms with Crippen molar-refractivity contribution in [1.82, 2.24) is 4.98 Å². The van der Waals surface area contributed by atoms with Gasteiger partial charge in [-0.05, 0) is 31.4 Å². The lowest BCUT2D eigenvalue weighted by Gasteiger charge is -2.25. The molecule has 1 aliphatic rings. The quantitative estimate of drug-likeness (QED) is 0.750. The van der Waals surface area contributed by atoms with Crippen LogP contribution in [0.1, 0.15) is 36.9 Å². The van der Waals surface area contributed by atoms with E-state index >= 15 is 0 Å². The molecule has 0 N–H and O–H groups in total. The third-order valence-corrected chi connectivity index (χ3v) is 3.85. The van der Waals surface area contributed by atoms with Crippen molar-refractivity contribution in [2.24, 2.45) is 0 Å². The highest BCUT2D eigenvalue weighted by molar-refractivity contribution is 6.17. The largest absolute Gasteiger partial charge is 0.357 e. The topological polar surface area (TPSA) is 16.1 Å². The zero-order valence-corrected chi connectivity index (χ0v) is 10.8. The lowest BCUT2D eigenvalue weighted by molar-refractivity contribution is 0.645. The molecule has 0 amide bonds. The second kappa shape index (κ2) is 5.05. The number of alkyl halides is 1. The SMILES string of the molecule is Cc1nc(N(C)C2CCCC2)ccc1CCl. The fraction of sp³-hybridized carbons (Fsp3) is 0.615. The molecule has 0 saturated heterocycles. The number of pyridine rings is 1. The highest BCUT2D eigenvalue weighted by atomic mass is 35.5. The van der Waals surface area contributed by atoms with E-state index in [-0.39, 0.29) is 0 Å². The molecule has 1 aromatic rings. The Morgan fingerprint density at radius 1 is 1.38 bits per heavy atom. The van der Waals surface area contributed by atoms with Gasteiger partial charge in [0.15, 0.2) is 0 Å². The molecule has 1 saturated carbocycles. The summed E-state index contributed by atoms with van der Waals surface area (Å²) >= 11 is 5.84. The van der Waals surface area contributed by atoms with Crippen LogP contribution < -0.4 is 4.90 Å². The number of aromatic nitrogens is 1. The van der Waals surface area contributed by atoms with E-state index in [1.807, 2.05) is 6.92 Å². The maximum Gasteiger partial charge on any atom is 0.128 e. The lowest BCUT2D eigenvalue weighted by atomic mass is 10.2. The van der Waals surface area contributed by atoms with Crippen LogP contribution in [-0.2, 0) is 5.88 Å². The molecule has 0 bridgehead atoms. The van der Waals surface area contributed by atoms with Gasteiger partial charge in [-0.3, -0.25) is 0 Å². The van der Waals surface area contributed by atoms with Crippen LogP contribution in [0.5, 0.6) is 0 Å². The molecule has 0 atom stereocenters. The normalized spacial score (nSPS) is 16.7. The molecule has 1 heterocycles. The third-order valence-electron chi connectivity index (χ3n) is 3.56. The molecule has 1 fully saturated rings. The van der Waals surface area contributed by atoms with Crippen molar-refractivity contribution in [2.45, 2.75) is 44.5 Å². The summed E-state index contributed by atoms with van der Waals surface area (Å²) < 4.78 is 0. The first-order valence-corrected chi connectivity index (χ1v) is 6.51. The minimum Gasteiger partial charge on any atom is -0.357 e. The summed E-state index contributed by atoms with van der Waals surface area (Å²) in [5.41, 5.74) is 2.18. The van der Waals surface area contributed by atoms with Gasteiger partial charge in [0.1, 0.15) is 5.82 Å². The summed E-state index contributed by atoms with van der Waals surface area (Å²) in [5, 5.41) is 0. The Hall–Kier alpha value is -0.760. The van der Waals surface area contributed by atoms with E-state index in [2.05, 4.69) is 29.1 Å². The fourth-order valence-electron chi connectivity index (χ4n) is 2.39. The summed E-state index contributed by atoms with van der Waals surface area (Å²) in [5.74, 6) is 1.63. The van der Waals surface area contributed by atoms with Gasteiger partial charge in [-0.2, -0.15) is 0 Å². The molecular weight excluding hydrogens is 220 g/mol. The van der Waals surface area contributed by atoms with E-state index in [1.165, 1.54) is 25.7 Å². The Morgan fingerprint density at radius 2 is 2.06 bits per heavy atom. The van der Waals surface area contributed by atoms with Crippen molar-refractivity contribution in [3.8, 4) is 0 Å². The van der Waals surface area contributed by atoms with Crippen LogP contribution in [0.3, 0.4) is 0 Å². The Balaban J connectivity index is 2.16. The van der Waals surface area contributed by atoms with Crippen molar-refractivity contribution < 1.29 is 0 Å². The van der Waals surface area contributed by atoms with Crippen molar-refractivity contribution in [2.75, 3.05) is 11.9 Å². The Bertz CT molecular complexity index is 359. The number of nitrogens with zero attached hydrogens (tertiary/aromatic N) is 2. The molecular formula is C13H19ClN2. The molecule has 2 rings (SSSR count). The van der Waals surface area contributed by atoms with Gasteiger partial charge in [0.05, 0.1) is 0 Å². The van der Waals surface area contributed by atoms with Gasteiger partial charge in [0.2, 0.25) is 0 Å². The molecule has 0 radical (unpaired) electrons. The van der Waals surface area contributed by atoms with Crippen LogP contribution in [-0.4, -0.2) is 18.1 Å². The number of hydrogen-bond acceptors (Lipinski definition) is 2. The third kappa shape index (κ3) is 2.32. The molecule has 0 unspecified atom stereocenters. The minimum atomic E-state index is 0.548. The van der Waals surface area contributed by atoms with Gasteiger partial charge in [-0.1, -0.05) is 18.9 Å². The van der Waals surface area contributed by atoms with Crippen molar-refractivity contribution >= 4 is 17.4 Å². The summed E-state index contributed by atoms with van der Waals surface area (Å²) in [6.45, 7) is 2.03. The van der Waals surface area contributed by atoms with E-state index in [0.717, 1.165) is 17.1 Å². The summed E-state index contributed by atoms with van der Waals surface area (Å²) in [6.07, 6.45) is 5.31. The molecule has 88 valence electrons. The first kappa shape index (κ1) is 11.7. The number of rotatable bonds is 3. The van der Waals surface area contributed by atoms with Crippen LogP contribution in [0.15, 0.2) is 12.1 Å². The summed E-state index contributed by atoms with van der Waals surface area (Å²) in [6, 6.07) is 4.85. The van der Waals surface area contributed by atoms with Gasteiger partial charge in [0, 0.05) is 24.7 Å². The second-order valence-electron chi connectivity index (χ2n) is 4.60. The number of anilines is 1. The van der Waals surface area contributed by atoms with Crippen LogP contribution in [0.25, 0.3) is 0 Å². The highest BCUT2D eigenvalue weighted by Crippen LogP contribution is 2.26. The summed E-state index contributed by atoms with van der Waals surface area (Å²) in [4.78, 5) is 6.95. The Kier molecular flexibility index (Phi) is 3.70. The Labute approximate surface area is 103 Å². The zero-order valence-electron chi connectivity index (χ0n) is 10.0. The molecule has 3 heteroatoms. The van der Waals surface area contributed by atoms with Crippen molar-refractivity contribution in [3.63, 3.8) is 0 Å². The maximum absolute atomic E-state index is 5.84. The number of halogens is 1. The Morgan fingerprint density at radius 3 is 2.62 bits per heavy atom. The standard InChI is InChI=1S/C13H19ClN2/c1-10-11(9-14)7-8-13(15-10)16(2)12-5-3-4-6-12/h7-8,12H,3-6,9H2,1-2H3. The van der Waals surface area contributed by atoms with E-state index in [0.29, 0.717) is 11.9 Å². The summed E-state index contributed by atoms with van der Waals surface area (Å²) in [7, 11) is 2.15. The van der Waals surface area contributed by atoms with Crippen LogP contribution in [0.4, 0.5) is 5.82 Å². The van der Waals surface area contributed by atoms with Gasteiger partial charge in [-0.15, -0.1) is 11.6 Å². The predicted octanol–water partition coefficient (Wildman–Crippen LogP) is 3.51. The molecule has 0 aromatic carbocycles. The van der Waals surface area contributed by atoms with Gasteiger partial charge < -0.3 is 4.90 Å². The fourth-order valence-corrected chi connectivity index (χ4v) is 2.68. The average Bonchev–Trinajstić information content (AvgIpc) is 2.81. The van der Waals surface area contributed by atoms with Crippen LogP contribution in [0.2, 0.25) is 0 Å². The van der Waals surface area contributed by atoms with E-state index in [1.54, 1.807) is 0 Å². The second-order valence-corrected chi connectivity index (χ2v) is 4.86. The van der Waals surface area contributed by atoms with Crippen LogP contribution in [0, 0.1) is 6.92 Å². The van der Waals surface area contributed by atoms with Crippen molar-refractivity contribution in [1.29, 1.82) is 0 Å². The molecule has 2 nitrogen and oxygen atoms in total. The smallest absolute Gasteiger partial charge is 0.128 e. The first-order chi connectivity index (χ1) is 7.72. The van der Waals surface area contributed by atoms with E-state index in [9.17, 15) is 0 Å². The van der Waals surface area contributed by atoms with Gasteiger partial charge in [-0.25, -0.2) is 4.98 Å². The molecule has 0 aliphatic heterocycles. The molecule has 1 aromatic heterocycles. The number of aryl methyl sites for hydroxylation is 1. The highest BCUT2D eigenvalue weighted by Gasteiger charge is 2.20. The lowest BCUT2D eigenvalue weighted by Crippen LogP contribution is -2.29. The molecule has 1 aliphatic carbocycles. The first-order valence-electron chi connectivity index (χ1n) is 5.97. The molecule has 0 spiro atoms. The average molecular weight is 239 g/mol. The zero-order chi connectivity index (χ0) is 11.5. The van der Waals surface area contributed by atoms with Gasteiger partial charge >= 0.3 is 0 Å². The molecule has 16 heavy (non-hydrogen) atoms. The van der Waals surface area contributed by atoms with Gasteiger partial charge in [0.25, 0.3) is 0 Å².